The van der Waals surface area contributed by atoms with E-state index in [1.807, 2.05) is 128 Å². The highest BCUT2D eigenvalue weighted by molar-refractivity contribution is 7.99. The monoisotopic (exact) mass is 812 g/mol. The smallest absolute Gasteiger partial charge is 0.241 e. The number of aliphatic hydroxyl groups excluding tert-OH is 1. The lowest BCUT2D eigenvalue weighted by Gasteiger charge is -2.41. The number of aryl methyl sites for hydroxylation is 1. The van der Waals surface area contributed by atoms with Gasteiger partial charge in [-0.25, -0.2) is 8.42 Å². The van der Waals surface area contributed by atoms with Gasteiger partial charge in [-0.2, -0.15) is 4.72 Å². The molecule has 6 aromatic rings. The van der Waals surface area contributed by atoms with E-state index in [-0.39, 0.29) is 42.6 Å². The van der Waals surface area contributed by atoms with E-state index >= 15 is 0 Å². The quantitative estimate of drug-likeness (QED) is 0.0888. The van der Waals surface area contributed by atoms with Gasteiger partial charge in [-0.3, -0.25) is 4.79 Å². The molecule has 1 amide bonds. The second-order valence-electron chi connectivity index (χ2n) is 14.6. The lowest BCUT2D eigenvalue weighted by Crippen LogP contribution is -2.47. The zero-order valence-corrected chi connectivity index (χ0v) is 34.2. The largest absolute Gasteiger partial charge is 0.392 e. The number of hydrogen-bond acceptors (Lipinski definition) is 7. The average Bonchev–Trinajstić information content (AvgIpc) is 3.26. The van der Waals surface area contributed by atoms with Crippen LogP contribution in [0.5, 0.6) is 0 Å². The van der Waals surface area contributed by atoms with Crippen LogP contribution in [0.15, 0.2) is 168 Å². The average molecular weight is 813 g/mol. The molecule has 6 aromatic carbocycles. The van der Waals surface area contributed by atoms with Crippen LogP contribution < -0.4 is 10.0 Å². The van der Waals surface area contributed by atoms with Crippen LogP contribution in [0.4, 0.5) is 0 Å². The van der Waals surface area contributed by atoms with Gasteiger partial charge in [0.2, 0.25) is 15.9 Å². The Labute approximate surface area is 345 Å². The van der Waals surface area contributed by atoms with E-state index in [4.69, 9.17) is 9.47 Å². The number of thioether (sulfide) groups is 1. The summed E-state index contributed by atoms with van der Waals surface area (Å²) in [5.41, 5.74) is 7.31. The third kappa shape index (κ3) is 10.3. The summed E-state index contributed by atoms with van der Waals surface area (Å²) in [5.74, 6) is 0.401. The molecule has 1 aliphatic heterocycles. The minimum absolute atomic E-state index is 0.0177. The Hall–Kier alpha value is -5.07. The first kappa shape index (κ1) is 41.1. The van der Waals surface area contributed by atoms with Crippen LogP contribution in [0.1, 0.15) is 52.7 Å². The first-order valence-corrected chi connectivity index (χ1v) is 21.9. The van der Waals surface area contributed by atoms with Crippen LogP contribution >= 0.6 is 11.8 Å². The van der Waals surface area contributed by atoms with Gasteiger partial charge in [0.15, 0.2) is 6.29 Å². The second-order valence-corrected chi connectivity index (χ2v) is 17.4. The molecule has 1 fully saturated rings. The van der Waals surface area contributed by atoms with E-state index in [0.717, 1.165) is 50.3 Å². The molecule has 0 saturated carbocycles. The summed E-state index contributed by atoms with van der Waals surface area (Å²) >= 11 is 1.77. The summed E-state index contributed by atoms with van der Waals surface area (Å²) in [4.78, 5) is 15.1. The number of nitrogens with one attached hydrogen (secondary N) is 2. The van der Waals surface area contributed by atoms with E-state index in [9.17, 15) is 18.3 Å². The summed E-state index contributed by atoms with van der Waals surface area (Å²) in [6.45, 7) is 4.23. The van der Waals surface area contributed by atoms with Crippen molar-refractivity contribution in [1.29, 1.82) is 0 Å². The predicted octanol–water partition coefficient (Wildman–Crippen LogP) is 8.94. The SMILES string of the molecule is Cc1ccc(S(=O)(=O)NC(Cc2ccccc2)C(=O)NCc2ccccc2-c2ccc(C3OC(CSc4ccccc4)C(C)C(c4ccc(CO)cc4)O3)cc2)cc1. The van der Waals surface area contributed by atoms with Crippen molar-refractivity contribution in [3.63, 3.8) is 0 Å². The summed E-state index contributed by atoms with van der Waals surface area (Å²) in [7, 11) is -3.98. The lowest BCUT2D eigenvalue weighted by molar-refractivity contribution is -0.268. The number of carbonyl (C=O) groups is 1. The number of ether oxygens (including phenoxy) is 2. The zero-order valence-electron chi connectivity index (χ0n) is 32.5. The van der Waals surface area contributed by atoms with Crippen molar-refractivity contribution < 1.29 is 27.8 Å². The van der Waals surface area contributed by atoms with Gasteiger partial charge in [0, 0.05) is 28.7 Å². The molecule has 5 unspecified atom stereocenters. The van der Waals surface area contributed by atoms with Crippen molar-refractivity contribution in [3.8, 4) is 11.1 Å². The van der Waals surface area contributed by atoms with Gasteiger partial charge in [0.25, 0.3) is 0 Å². The minimum atomic E-state index is -3.98. The number of sulfonamides is 1. The molecule has 1 aliphatic rings. The fraction of sp³-hybridized carbons (Fsp3) is 0.229. The van der Waals surface area contributed by atoms with Gasteiger partial charge in [0.05, 0.1) is 23.7 Å². The van der Waals surface area contributed by atoms with Gasteiger partial charge in [-0.1, -0.05) is 146 Å². The first-order valence-electron chi connectivity index (χ1n) is 19.4. The Morgan fingerprint density at radius 1 is 0.741 bits per heavy atom. The third-order valence-electron chi connectivity index (χ3n) is 10.5. The third-order valence-corrected chi connectivity index (χ3v) is 13.1. The number of hydrogen-bond donors (Lipinski definition) is 3. The molecule has 0 aliphatic carbocycles. The maximum Gasteiger partial charge on any atom is 0.241 e. The molecule has 5 atom stereocenters. The predicted molar refractivity (Wildman–Crippen MR) is 229 cm³/mol. The van der Waals surface area contributed by atoms with Gasteiger partial charge in [-0.05, 0) is 71.0 Å². The summed E-state index contributed by atoms with van der Waals surface area (Å²) in [6, 6.07) is 49.1. The maximum atomic E-state index is 13.8. The Morgan fingerprint density at radius 2 is 1.38 bits per heavy atom. The van der Waals surface area contributed by atoms with Gasteiger partial charge >= 0.3 is 0 Å². The van der Waals surface area contributed by atoms with Crippen LogP contribution in [-0.2, 0) is 43.9 Å². The highest BCUT2D eigenvalue weighted by atomic mass is 32.2. The molecular weight excluding hydrogens is 765 g/mol. The standard InChI is InChI=1S/C48H48N2O6S2/c1-33-17-27-42(28-18-33)58(53,54)50-44(29-35-11-5-3-6-12-35)47(52)49-30-40-13-9-10-16-43(40)37-23-25-39(26-24-37)48-55-45(32-57-41-14-7-4-8-15-41)34(2)46(56-48)38-21-19-36(31-51)20-22-38/h3-28,34,44-46,48,50-51H,29-32H2,1-2H3,(H,49,52). The Morgan fingerprint density at radius 3 is 2.07 bits per heavy atom. The Kier molecular flexibility index (Phi) is 13.6. The van der Waals surface area contributed by atoms with E-state index < -0.39 is 28.3 Å². The number of aliphatic hydroxyl groups is 1. The number of rotatable bonds is 15. The van der Waals surface area contributed by atoms with Crippen molar-refractivity contribution in [1.82, 2.24) is 10.0 Å². The van der Waals surface area contributed by atoms with Crippen molar-refractivity contribution in [2.75, 3.05) is 5.75 Å². The molecule has 10 heteroatoms. The number of carbonyl (C=O) groups excluding carboxylic acids is 1. The minimum Gasteiger partial charge on any atom is -0.392 e. The maximum absolute atomic E-state index is 13.8. The van der Waals surface area contributed by atoms with E-state index in [1.54, 1.807) is 36.0 Å². The van der Waals surface area contributed by atoms with Gasteiger partial charge in [0.1, 0.15) is 6.04 Å². The molecule has 0 radical (unpaired) electrons. The molecule has 58 heavy (non-hydrogen) atoms. The molecule has 0 bridgehead atoms. The molecule has 8 nitrogen and oxygen atoms in total. The van der Waals surface area contributed by atoms with Crippen molar-refractivity contribution in [2.24, 2.45) is 5.92 Å². The highest BCUT2D eigenvalue weighted by Crippen LogP contribution is 2.43. The second kappa shape index (κ2) is 19.1. The van der Waals surface area contributed by atoms with Gasteiger partial charge in [-0.15, -0.1) is 11.8 Å². The Bertz CT molecular complexity index is 2360. The number of benzene rings is 6. The highest BCUT2D eigenvalue weighted by Gasteiger charge is 2.38. The molecule has 0 aromatic heterocycles. The zero-order chi connectivity index (χ0) is 40.5. The topological polar surface area (TPSA) is 114 Å². The molecule has 7 rings (SSSR count). The van der Waals surface area contributed by atoms with Crippen molar-refractivity contribution in [2.45, 2.75) is 67.8 Å². The molecule has 3 N–H and O–H groups in total. The molecule has 298 valence electrons. The summed E-state index contributed by atoms with van der Waals surface area (Å²) < 4.78 is 42.9. The van der Waals surface area contributed by atoms with Crippen LogP contribution in [-0.4, -0.2) is 37.3 Å². The normalized spacial score (nSPS) is 18.7. The fourth-order valence-electron chi connectivity index (χ4n) is 7.10. The fourth-order valence-corrected chi connectivity index (χ4v) is 9.38. The summed E-state index contributed by atoms with van der Waals surface area (Å²) in [5, 5.41) is 12.6. The molecule has 1 heterocycles. The van der Waals surface area contributed by atoms with Crippen LogP contribution in [0, 0.1) is 12.8 Å². The first-order chi connectivity index (χ1) is 28.2. The van der Waals surface area contributed by atoms with E-state index in [1.165, 1.54) is 4.90 Å². The Balaban J connectivity index is 1.08. The van der Waals surface area contributed by atoms with E-state index in [0.29, 0.717) is 0 Å². The van der Waals surface area contributed by atoms with Crippen LogP contribution in [0.3, 0.4) is 0 Å². The van der Waals surface area contributed by atoms with E-state index in [2.05, 4.69) is 29.1 Å². The van der Waals surface area contributed by atoms with Crippen LogP contribution in [0.2, 0.25) is 0 Å². The van der Waals surface area contributed by atoms with Crippen molar-refractivity contribution >= 4 is 27.7 Å². The molecule has 0 spiro atoms. The van der Waals surface area contributed by atoms with Crippen molar-refractivity contribution in [3.05, 3.63) is 191 Å². The molecular formula is C48H48N2O6S2. The lowest BCUT2D eigenvalue weighted by atomic mass is 9.91. The summed E-state index contributed by atoms with van der Waals surface area (Å²) in [6.07, 6.45) is -0.730. The number of amides is 1. The van der Waals surface area contributed by atoms with Crippen LogP contribution in [0.25, 0.3) is 11.1 Å². The molecule has 1 saturated heterocycles. The van der Waals surface area contributed by atoms with Gasteiger partial charge < -0.3 is 19.9 Å².